The van der Waals surface area contributed by atoms with Gasteiger partial charge in [0.15, 0.2) is 0 Å². The minimum Gasteiger partial charge on any atom is -0.360 e. The molecule has 0 unspecified atom stereocenters. The van der Waals surface area contributed by atoms with Crippen LogP contribution >= 0.6 is 11.8 Å². The zero-order valence-electron chi connectivity index (χ0n) is 11.7. The van der Waals surface area contributed by atoms with E-state index in [0.717, 1.165) is 23.5 Å². The van der Waals surface area contributed by atoms with E-state index in [1.807, 2.05) is 36.0 Å². The highest BCUT2D eigenvalue weighted by molar-refractivity contribution is 7.99. The number of aromatic nitrogens is 1. The van der Waals surface area contributed by atoms with Crippen LogP contribution in [0.3, 0.4) is 0 Å². The molecule has 1 N–H and O–H groups in total. The fraction of sp³-hybridized carbons (Fsp3) is 0.250. The lowest BCUT2D eigenvalue weighted by Gasteiger charge is -2.30. The number of anilines is 1. The first-order valence-corrected chi connectivity index (χ1v) is 7.94. The third-order valence-corrected chi connectivity index (χ3v) is 4.41. The Morgan fingerprint density at radius 2 is 2.19 bits per heavy atom. The van der Waals surface area contributed by atoms with Gasteiger partial charge in [-0.2, -0.15) is 0 Å². The summed E-state index contributed by atoms with van der Waals surface area (Å²) in [6, 6.07) is 12.1. The molecule has 21 heavy (non-hydrogen) atoms. The Morgan fingerprint density at radius 3 is 3.05 bits per heavy atom. The summed E-state index contributed by atoms with van der Waals surface area (Å²) in [6.07, 6.45) is 3.50. The van der Waals surface area contributed by atoms with Gasteiger partial charge in [-0.3, -0.25) is 9.78 Å². The van der Waals surface area contributed by atoms with E-state index in [-0.39, 0.29) is 5.91 Å². The molecule has 1 aliphatic rings. The number of hydrogen-bond donors (Lipinski definition) is 1. The first-order valence-electron chi connectivity index (χ1n) is 6.95. The topological polar surface area (TPSA) is 45.2 Å². The summed E-state index contributed by atoms with van der Waals surface area (Å²) < 4.78 is 0. The molecule has 0 bridgehead atoms. The Morgan fingerprint density at radius 1 is 1.29 bits per heavy atom. The predicted molar refractivity (Wildman–Crippen MR) is 85.5 cm³/mol. The number of thioether (sulfide) groups is 1. The van der Waals surface area contributed by atoms with Crippen molar-refractivity contribution in [3.63, 3.8) is 0 Å². The molecule has 2 heterocycles. The van der Waals surface area contributed by atoms with Gasteiger partial charge in [0.2, 0.25) is 5.91 Å². The van der Waals surface area contributed by atoms with Gasteiger partial charge in [0, 0.05) is 36.1 Å². The van der Waals surface area contributed by atoms with Crippen molar-refractivity contribution in [3.05, 3.63) is 54.4 Å². The largest absolute Gasteiger partial charge is 0.360 e. The van der Waals surface area contributed by atoms with E-state index in [0.29, 0.717) is 13.1 Å². The Bertz CT molecular complexity index is 618. The minimum atomic E-state index is 0.0422. The number of nitrogens with one attached hydrogen (secondary N) is 1. The van der Waals surface area contributed by atoms with Gasteiger partial charge in [0.05, 0.1) is 12.2 Å². The molecule has 0 fully saturated rings. The molecule has 0 radical (unpaired) electrons. The maximum Gasteiger partial charge on any atom is 0.239 e. The van der Waals surface area contributed by atoms with Crippen molar-refractivity contribution in [2.45, 2.75) is 11.4 Å². The van der Waals surface area contributed by atoms with Crippen LogP contribution in [0.1, 0.15) is 5.56 Å². The fourth-order valence-electron chi connectivity index (χ4n) is 2.32. The third-order valence-electron chi connectivity index (χ3n) is 3.37. The quantitative estimate of drug-likeness (QED) is 0.941. The van der Waals surface area contributed by atoms with Crippen molar-refractivity contribution in [1.82, 2.24) is 10.3 Å². The standard InChI is InChI=1S/C16H17N3OS/c20-16(18-11-13-4-3-7-17-10-13)12-19-8-9-21-15-6-2-1-5-14(15)19/h1-7,10H,8-9,11-12H2,(H,18,20). The van der Waals surface area contributed by atoms with Gasteiger partial charge >= 0.3 is 0 Å². The first kappa shape index (κ1) is 13.9. The second kappa shape index (κ2) is 6.63. The van der Waals surface area contributed by atoms with Crippen molar-refractivity contribution in [1.29, 1.82) is 0 Å². The van der Waals surface area contributed by atoms with Crippen LogP contribution in [0, 0.1) is 0 Å². The summed E-state index contributed by atoms with van der Waals surface area (Å²) in [4.78, 5) is 19.6. The zero-order chi connectivity index (χ0) is 14.5. The second-order valence-electron chi connectivity index (χ2n) is 4.88. The van der Waals surface area contributed by atoms with E-state index in [4.69, 9.17) is 0 Å². The molecule has 0 saturated carbocycles. The van der Waals surface area contributed by atoms with Crippen molar-refractivity contribution in [3.8, 4) is 0 Å². The lowest BCUT2D eigenvalue weighted by Crippen LogP contribution is -2.39. The van der Waals surface area contributed by atoms with Crippen LogP contribution in [0.15, 0.2) is 53.7 Å². The number of amides is 1. The number of nitrogens with zero attached hydrogens (tertiary/aromatic N) is 2. The summed E-state index contributed by atoms with van der Waals surface area (Å²) in [5.74, 6) is 1.06. The number of rotatable bonds is 4. The molecule has 108 valence electrons. The molecular formula is C16H17N3OS. The highest BCUT2D eigenvalue weighted by Crippen LogP contribution is 2.33. The van der Waals surface area contributed by atoms with Gasteiger partial charge in [0.1, 0.15) is 0 Å². The molecule has 5 heteroatoms. The molecule has 1 aromatic heterocycles. The van der Waals surface area contributed by atoms with E-state index in [1.54, 1.807) is 12.4 Å². The van der Waals surface area contributed by atoms with E-state index in [2.05, 4.69) is 27.3 Å². The van der Waals surface area contributed by atoms with Crippen molar-refractivity contribution >= 4 is 23.4 Å². The number of para-hydroxylation sites is 1. The highest BCUT2D eigenvalue weighted by Gasteiger charge is 2.18. The number of pyridine rings is 1. The van der Waals surface area contributed by atoms with Gasteiger partial charge in [-0.1, -0.05) is 18.2 Å². The molecule has 0 aliphatic carbocycles. The molecule has 0 saturated heterocycles. The number of carbonyl (C=O) groups excluding carboxylic acids is 1. The lowest BCUT2D eigenvalue weighted by molar-refractivity contribution is -0.119. The Kier molecular flexibility index (Phi) is 4.40. The normalized spacial score (nSPS) is 13.6. The molecule has 2 aromatic rings. The summed E-state index contributed by atoms with van der Waals surface area (Å²) in [6.45, 7) is 1.83. The maximum atomic E-state index is 12.1. The van der Waals surface area contributed by atoms with Crippen LogP contribution in [-0.4, -0.2) is 29.7 Å². The van der Waals surface area contributed by atoms with E-state index in [1.165, 1.54) is 4.90 Å². The summed E-state index contributed by atoms with van der Waals surface area (Å²) in [7, 11) is 0. The Balaban J connectivity index is 1.58. The predicted octanol–water partition coefficient (Wildman–Crippen LogP) is 2.31. The van der Waals surface area contributed by atoms with Crippen LogP contribution in [0.4, 0.5) is 5.69 Å². The molecule has 1 aromatic carbocycles. The lowest BCUT2D eigenvalue weighted by atomic mass is 10.2. The van der Waals surface area contributed by atoms with Gasteiger partial charge in [-0.25, -0.2) is 0 Å². The van der Waals surface area contributed by atoms with Crippen LogP contribution in [0.25, 0.3) is 0 Å². The monoisotopic (exact) mass is 299 g/mol. The van der Waals surface area contributed by atoms with Crippen molar-refractivity contribution in [2.24, 2.45) is 0 Å². The number of fused-ring (bicyclic) bond motifs is 1. The van der Waals surface area contributed by atoms with Gasteiger partial charge in [-0.05, 0) is 23.8 Å². The summed E-state index contributed by atoms with van der Waals surface area (Å²) in [5.41, 5.74) is 2.17. The van der Waals surface area contributed by atoms with Crippen LogP contribution in [0.5, 0.6) is 0 Å². The second-order valence-corrected chi connectivity index (χ2v) is 6.01. The summed E-state index contributed by atoms with van der Waals surface area (Å²) in [5, 5.41) is 2.95. The molecule has 4 nitrogen and oxygen atoms in total. The van der Waals surface area contributed by atoms with Crippen LogP contribution in [0.2, 0.25) is 0 Å². The fourth-order valence-corrected chi connectivity index (χ4v) is 3.37. The van der Waals surface area contributed by atoms with Crippen molar-refractivity contribution in [2.75, 3.05) is 23.7 Å². The van der Waals surface area contributed by atoms with Crippen molar-refractivity contribution < 1.29 is 4.79 Å². The smallest absolute Gasteiger partial charge is 0.239 e. The number of hydrogen-bond acceptors (Lipinski definition) is 4. The molecule has 0 atom stereocenters. The van der Waals surface area contributed by atoms with Gasteiger partial charge < -0.3 is 10.2 Å². The highest BCUT2D eigenvalue weighted by atomic mass is 32.2. The van der Waals surface area contributed by atoms with Crippen LogP contribution < -0.4 is 10.2 Å². The molecule has 0 spiro atoms. The number of carbonyl (C=O) groups is 1. The van der Waals surface area contributed by atoms with E-state index in [9.17, 15) is 4.79 Å². The first-order chi connectivity index (χ1) is 10.3. The van der Waals surface area contributed by atoms with E-state index < -0.39 is 0 Å². The van der Waals surface area contributed by atoms with Gasteiger partial charge in [0.25, 0.3) is 0 Å². The van der Waals surface area contributed by atoms with Gasteiger partial charge in [-0.15, -0.1) is 11.8 Å². The third kappa shape index (κ3) is 3.55. The molecular weight excluding hydrogens is 282 g/mol. The maximum absolute atomic E-state index is 12.1. The Labute approximate surface area is 128 Å². The Hall–Kier alpha value is -2.01. The average Bonchev–Trinajstić information content (AvgIpc) is 2.54. The minimum absolute atomic E-state index is 0.0422. The SMILES string of the molecule is O=C(CN1CCSc2ccccc21)NCc1cccnc1. The summed E-state index contributed by atoms with van der Waals surface area (Å²) >= 11 is 1.85. The molecule has 1 aliphatic heterocycles. The zero-order valence-corrected chi connectivity index (χ0v) is 12.5. The molecule has 1 amide bonds. The van der Waals surface area contributed by atoms with Crippen LogP contribution in [-0.2, 0) is 11.3 Å². The van der Waals surface area contributed by atoms with E-state index >= 15 is 0 Å². The number of benzene rings is 1. The average molecular weight is 299 g/mol. The molecule has 3 rings (SSSR count).